The Hall–Kier alpha value is -3.76. The molecule has 0 heterocycles. The Morgan fingerprint density at radius 2 is 0.500 bits per heavy atom. The molecule has 0 aromatic carbocycles. The van der Waals surface area contributed by atoms with Gasteiger partial charge in [0.2, 0.25) is 0 Å². The van der Waals surface area contributed by atoms with Crippen LogP contribution in [0.25, 0.3) is 0 Å². The minimum Gasteiger partial charge on any atom is -0.481 e. The fourth-order valence-corrected chi connectivity index (χ4v) is 0. The van der Waals surface area contributed by atoms with Gasteiger partial charge in [0.05, 0.1) is 0 Å². The van der Waals surface area contributed by atoms with Gasteiger partial charge in [-0.1, -0.05) is 6.58 Å². The fraction of sp³-hybridized carbons (Fsp3) is 0.429. The van der Waals surface area contributed by atoms with E-state index in [0.29, 0.717) is 0 Å². The Kier molecular flexibility index (Phi) is 135. The molecule has 16 nitrogen and oxygen atoms in total. The van der Waals surface area contributed by atoms with Crippen molar-refractivity contribution < 1.29 is 59.4 Å². The highest BCUT2D eigenvalue weighted by atomic mass is 16.4. The average Bonchev–Trinajstić information content (AvgIpc) is 2.22. The van der Waals surface area contributed by atoms with Gasteiger partial charge in [-0.25, -0.2) is 0 Å². The molecule has 0 saturated carbocycles. The summed E-state index contributed by atoms with van der Waals surface area (Å²) in [6, 6.07) is 0. The van der Waals surface area contributed by atoms with E-state index < -0.39 is 35.8 Å². The lowest BCUT2D eigenvalue weighted by atomic mass is 10.9. The molecule has 186 valence electrons. The predicted octanol–water partition coefficient (Wildman–Crippen LogP) is 1.12. The van der Waals surface area contributed by atoms with Gasteiger partial charge >= 0.3 is 0 Å². The summed E-state index contributed by atoms with van der Waals surface area (Å²) in [4.78, 5) is 54.0. The van der Waals surface area contributed by atoms with Crippen molar-refractivity contribution in [3.8, 4) is 0 Å². The first-order valence-electron chi connectivity index (χ1n) is 6.31. The Morgan fingerprint density at radius 1 is 0.500 bits per heavy atom. The summed E-state index contributed by atoms with van der Waals surface area (Å²) >= 11 is 0. The minimum absolute atomic E-state index is 0. The van der Waals surface area contributed by atoms with E-state index in [9.17, 15) is 0 Å². The van der Waals surface area contributed by atoms with Gasteiger partial charge in [-0.2, -0.15) is 0 Å². The maximum absolute atomic E-state index is 9.00. The van der Waals surface area contributed by atoms with E-state index in [2.05, 4.69) is 12.3 Å². The van der Waals surface area contributed by atoms with E-state index in [1.54, 1.807) is 0 Å². The van der Waals surface area contributed by atoms with Crippen LogP contribution in [0.4, 0.5) is 0 Å². The molecule has 0 aliphatic rings. The standard InChI is InChI=1S/C2H5N.6C2H4O2.3H3N/c1-2-3;6*1-2(3)4;;;/h2H,1,3H2;6*1H3,(H,3,4);3*1H3. The van der Waals surface area contributed by atoms with Gasteiger partial charge in [0.1, 0.15) is 0 Å². The number of carboxylic acids is 6. The first-order chi connectivity index (χ1) is 11.8. The highest BCUT2D eigenvalue weighted by molar-refractivity contribution is 5.64. The molecule has 16 heteroatoms. The fourth-order valence-electron chi connectivity index (χ4n) is 0. The SMILES string of the molecule is C=CN.CC(=O)O.CC(=O)O.CC(=O)O.CC(=O)O.CC(=O)O.CC(=O)O.N.N.N. The molecule has 0 aliphatic heterocycles. The van der Waals surface area contributed by atoms with E-state index in [-0.39, 0.29) is 18.5 Å². The number of carbonyl (C=O) groups is 6. The zero-order valence-corrected chi connectivity index (χ0v) is 18.1. The highest BCUT2D eigenvalue weighted by Gasteiger charge is 1.67. The summed E-state index contributed by atoms with van der Waals surface area (Å²) < 4.78 is 0. The van der Waals surface area contributed by atoms with Crippen molar-refractivity contribution in [1.29, 1.82) is 0 Å². The van der Waals surface area contributed by atoms with Crippen molar-refractivity contribution in [3.63, 3.8) is 0 Å². The zero-order chi connectivity index (χ0) is 24.2. The van der Waals surface area contributed by atoms with E-state index in [1.807, 2.05) is 0 Å². The number of hydrogen-bond donors (Lipinski definition) is 10. The van der Waals surface area contributed by atoms with Crippen LogP contribution in [0.15, 0.2) is 12.8 Å². The minimum atomic E-state index is -0.833. The van der Waals surface area contributed by atoms with E-state index in [4.69, 9.17) is 59.4 Å². The number of carboxylic acid groups (broad SMARTS) is 6. The van der Waals surface area contributed by atoms with Gasteiger partial charge in [-0.05, 0) is 6.20 Å². The lowest BCUT2D eigenvalue weighted by Crippen LogP contribution is -1.78. The summed E-state index contributed by atoms with van der Waals surface area (Å²) in [5, 5.41) is 44.5. The Balaban J connectivity index is -0.0000000192. The maximum Gasteiger partial charge on any atom is 0.300 e. The monoisotopic (exact) mass is 454 g/mol. The van der Waals surface area contributed by atoms with Crippen molar-refractivity contribution in [3.05, 3.63) is 12.8 Å². The second-order valence-corrected chi connectivity index (χ2v) is 3.35. The third kappa shape index (κ3) is 926. The first kappa shape index (κ1) is 63.4. The van der Waals surface area contributed by atoms with Crippen molar-refractivity contribution >= 4 is 35.8 Å². The Bertz CT molecular complexity index is 312. The van der Waals surface area contributed by atoms with Crippen molar-refractivity contribution in [2.24, 2.45) is 5.73 Å². The molecule has 0 radical (unpaired) electrons. The van der Waals surface area contributed by atoms with Crippen molar-refractivity contribution in [1.82, 2.24) is 18.5 Å². The molecule has 0 aromatic rings. The van der Waals surface area contributed by atoms with Gasteiger partial charge < -0.3 is 54.8 Å². The zero-order valence-electron chi connectivity index (χ0n) is 18.1. The van der Waals surface area contributed by atoms with Crippen LogP contribution in [-0.2, 0) is 28.8 Å². The summed E-state index contributed by atoms with van der Waals surface area (Å²) in [7, 11) is 0. The van der Waals surface area contributed by atoms with Crippen molar-refractivity contribution in [2.45, 2.75) is 41.5 Å². The van der Waals surface area contributed by atoms with Gasteiger partial charge in [0.15, 0.2) is 0 Å². The topological polar surface area (TPSA) is 355 Å². The summed E-state index contributed by atoms with van der Waals surface area (Å²) in [6.45, 7) is 9.64. The Morgan fingerprint density at radius 3 is 0.500 bits per heavy atom. The number of nitrogens with two attached hydrogens (primary N) is 1. The molecule has 17 N–H and O–H groups in total. The average molecular weight is 454 g/mol. The van der Waals surface area contributed by atoms with Crippen LogP contribution >= 0.6 is 0 Å². The van der Waals surface area contributed by atoms with E-state index in [1.165, 1.54) is 6.20 Å². The third-order valence-corrected chi connectivity index (χ3v) is 0. The number of aliphatic carboxylic acids is 6. The first-order valence-corrected chi connectivity index (χ1v) is 6.31. The molecule has 0 bridgehead atoms. The van der Waals surface area contributed by atoms with Crippen LogP contribution < -0.4 is 24.2 Å². The largest absolute Gasteiger partial charge is 0.481 e. The molecule has 0 fully saturated rings. The molecule has 30 heavy (non-hydrogen) atoms. The lowest BCUT2D eigenvalue weighted by Gasteiger charge is -1.59. The van der Waals surface area contributed by atoms with Crippen LogP contribution in [0, 0.1) is 0 Å². The maximum atomic E-state index is 9.00. The predicted molar refractivity (Wildman–Crippen MR) is 109 cm³/mol. The smallest absolute Gasteiger partial charge is 0.300 e. The van der Waals surface area contributed by atoms with Crippen LogP contribution in [0.1, 0.15) is 41.5 Å². The summed E-state index contributed by atoms with van der Waals surface area (Å²) in [6.07, 6.45) is 1.25. The normalized spacial score (nSPS) is 5.40. The van der Waals surface area contributed by atoms with Gasteiger partial charge in [-0.3, -0.25) is 28.8 Å². The second-order valence-electron chi connectivity index (χ2n) is 3.35. The number of hydrogen-bond acceptors (Lipinski definition) is 10. The van der Waals surface area contributed by atoms with Gasteiger partial charge in [-0.15, -0.1) is 0 Å². The molecule has 0 aromatic heterocycles. The highest BCUT2D eigenvalue weighted by Crippen LogP contribution is 1.43. The van der Waals surface area contributed by atoms with E-state index >= 15 is 0 Å². The molecule has 0 aliphatic carbocycles. The number of rotatable bonds is 0. The molecular weight excluding hydrogens is 416 g/mol. The molecule has 0 spiro atoms. The molecule has 0 saturated heterocycles. The van der Waals surface area contributed by atoms with Gasteiger partial charge in [0.25, 0.3) is 35.8 Å². The molecule has 0 amide bonds. The van der Waals surface area contributed by atoms with Crippen LogP contribution in [0.5, 0.6) is 0 Å². The summed E-state index contributed by atoms with van der Waals surface area (Å²) in [5.41, 5.74) is 4.61. The molecule has 0 rings (SSSR count). The summed E-state index contributed by atoms with van der Waals surface area (Å²) in [5.74, 6) is -5.00. The van der Waals surface area contributed by atoms with Crippen molar-refractivity contribution in [2.75, 3.05) is 0 Å². The van der Waals surface area contributed by atoms with Gasteiger partial charge in [0, 0.05) is 41.5 Å². The van der Waals surface area contributed by atoms with Crippen LogP contribution in [-0.4, -0.2) is 66.5 Å². The third-order valence-electron chi connectivity index (χ3n) is 0. The second kappa shape index (κ2) is 63.9. The quantitative estimate of drug-likeness (QED) is 0.245. The molecular formula is C14H38N4O12. The Labute approximate surface area is 174 Å². The lowest BCUT2D eigenvalue weighted by molar-refractivity contribution is -0.135. The molecule has 0 unspecified atom stereocenters. The van der Waals surface area contributed by atoms with Crippen LogP contribution in [0.2, 0.25) is 0 Å². The van der Waals surface area contributed by atoms with E-state index in [0.717, 1.165) is 41.5 Å². The molecule has 0 atom stereocenters. The van der Waals surface area contributed by atoms with Crippen LogP contribution in [0.3, 0.4) is 0 Å².